The summed E-state index contributed by atoms with van der Waals surface area (Å²) in [7, 11) is 0. The molecular weight excluding hydrogens is 290 g/mol. The second kappa shape index (κ2) is 6.96. The van der Waals surface area contributed by atoms with Gasteiger partial charge in [-0.15, -0.1) is 0 Å². The zero-order chi connectivity index (χ0) is 16.1. The predicted molar refractivity (Wildman–Crippen MR) is 89.0 cm³/mol. The van der Waals surface area contributed by atoms with Gasteiger partial charge in [-0.1, -0.05) is 48.5 Å². The van der Waals surface area contributed by atoms with Crippen LogP contribution in [0.5, 0.6) is 0 Å². The van der Waals surface area contributed by atoms with Crippen molar-refractivity contribution in [2.45, 2.75) is 6.54 Å². The molecule has 3 amide bonds. The van der Waals surface area contributed by atoms with Crippen LogP contribution in [0.25, 0.3) is 0 Å². The Kier molecular flexibility index (Phi) is 4.57. The van der Waals surface area contributed by atoms with Crippen LogP contribution in [0, 0.1) is 0 Å². The Morgan fingerprint density at radius 3 is 2.30 bits per heavy atom. The van der Waals surface area contributed by atoms with E-state index in [4.69, 9.17) is 0 Å². The molecule has 0 unspecified atom stereocenters. The van der Waals surface area contributed by atoms with Gasteiger partial charge >= 0.3 is 6.03 Å². The van der Waals surface area contributed by atoms with Crippen molar-refractivity contribution in [3.63, 3.8) is 0 Å². The second-order valence-electron chi connectivity index (χ2n) is 5.45. The number of benzene rings is 2. The SMILES string of the molecule is O=C(CN1CCN(c2ccccc2)C1=O)NCc1ccccc1. The number of nitrogens with one attached hydrogen (secondary N) is 1. The van der Waals surface area contributed by atoms with Gasteiger partial charge < -0.3 is 10.2 Å². The standard InChI is InChI=1S/C18H19N3O2/c22-17(19-13-15-7-3-1-4-8-15)14-20-11-12-21(18(20)23)16-9-5-2-6-10-16/h1-10H,11-14H2,(H,19,22). The van der Waals surface area contributed by atoms with Gasteiger partial charge in [0.15, 0.2) is 0 Å². The summed E-state index contributed by atoms with van der Waals surface area (Å²) in [4.78, 5) is 27.7. The monoisotopic (exact) mass is 309 g/mol. The molecule has 1 N–H and O–H groups in total. The van der Waals surface area contributed by atoms with Crippen LogP contribution < -0.4 is 10.2 Å². The van der Waals surface area contributed by atoms with E-state index in [-0.39, 0.29) is 18.5 Å². The first-order valence-electron chi connectivity index (χ1n) is 7.66. The van der Waals surface area contributed by atoms with E-state index in [0.717, 1.165) is 11.3 Å². The van der Waals surface area contributed by atoms with Gasteiger partial charge in [0.05, 0.1) is 0 Å². The summed E-state index contributed by atoms with van der Waals surface area (Å²) >= 11 is 0. The Balaban J connectivity index is 1.52. The number of carbonyl (C=O) groups is 2. The fourth-order valence-electron chi connectivity index (χ4n) is 2.60. The molecule has 2 aromatic rings. The minimum absolute atomic E-state index is 0.0923. The summed E-state index contributed by atoms with van der Waals surface area (Å²) in [5.41, 5.74) is 1.91. The lowest BCUT2D eigenvalue weighted by molar-refractivity contribution is -0.121. The minimum Gasteiger partial charge on any atom is -0.350 e. The number of anilines is 1. The summed E-state index contributed by atoms with van der Waals surface area (Å²) in [6.45, 7) is 1.74. The summed E-state index contributed by atoms with van der Waals surface area (Å²) in [6, 6.07) is 19.1. The van der Waals surface area contributed by atoms with Crippen LogP contribution >= 0.6 is 0 Å². The Morgan fingerprint density at radius 1 is 0.957 bits per heavy atom. The first-order chi connectivity index (χ1) is 11.2. The Bertz CT molecular complexity index is 673. The third-order valence-electron chi connectivity index (χ3n) is 3.83. The number of hydrogen-bond donors (Lipinski definition) is 1. The van der Waals surface area contributed by atoms with Crippen LogP contribution in [0.4, 0.5) is 10.5 Å². The maximum absolute atomic E-state index is 12.4. The molecule has 1 heterocycles. The third-order valence-corrected chi connectivity index (χ3v) is 3.83. The van der Waals surface area contributed by atoms with Crippen LogP contribution in [-0.4, -0.2) is 36.5 Å². The van der Waals surface area contributed by atoms with Gasteiger partial charge in [0, 0.05) is 25.3 Å². The molecule has 0 spiro atoms. The van der Waals surface area contributed by atoms with Gasteiger partial charge in [0.1, 0.15) is 6.54 Å². The van der Waals surface area contributed by atoms with Crippen LogP contribution in [0.3, 0.4) is 0 Å². The fraction of sp³-hybridized carbons (Fsp3) is 0.222. The highest BCUT2D eigenvalue weighted by atomic mass is 16.2. The molecule has 0 saturated carbocycles. The Labute approximate surface area is 135 Å². The molecule has 0 atom stereocenters. The van der Waals surface area contributed by atoms with Crippen molar-refractivity contribution in [3.8, 4) is 0 Å². The highest BCUT2D eigenvalue weighted by Gasteiger charge is 2.30. The highest BCUT2D eigenvalue weighted by molar-refractivity contribution is 5.96. The molecule has 0 radical (unpaired) electrons. The molecule has 3 rings (SSSR count). The Hall–Kier alpha value is -2.82. The van der Waals surface area contributed by atoms with Gasteiger partial charge in [-0.05, 0) is 17.7 Å². The van der Waals surface area contributed by atoms with Crippen molar-refractivity contribution in [2.75, 3.05) is 24.5 Å². The number of amides is 3. The molecule has 5 heteroatoms. The number of rotatable bonds is 5. The average molecular weight is 309 g/mol. The number of para-hydroxylation sites is 1. The lowest BCUT2D eigenvalue weighted by atomic mass is 10.2. The van der Waals surface area contributed by atoms with E-state index >= 15 is 0 Å². The molecular formula is C18H19N3O2. The summed E-state index contributed by atoms with van der Waals surface area (Å²) < 4.78 is 0. The van der Waals surface area contributed by atoms with Crippen molar-refractivity contribution < 1.29 is 9.59 Å². The van der Waals surface area contributed by atoms with Crippen molar-refractivity contribution in [1.82, 2.24) is 10.2 Å². The molecule has 0 aliphatic carbocycles. The first kappa shape index (κ1) is 15.1. The van der Waals surface area contributed by atoms with Crippen LogP contribution in [0.1, 0.15) is 5.56 Å². The predicted octanol–water partition coefficient (Wildman–Crippen LogP) is 2.25. The molecule has 1 saturated heterocycles. The molecule has 2 aromatic carbocycles. The van der Waals surface area contributed by atoms with Gasteiger partial charge in [-0.25, -0.2) is 4.79 Å². The van der Waals surface area contributed by atoms with Crippen molar-refractivity contribution in [1.29, 1.82) is 0 Å². The van der Waals surface area contributed by atoms with Crippen LogP contribution in [-0.2, 0) is 11.3 Å². The largest absolute Gasteiger partial charge is 0.350 e. The summed E-state index contributed by atoms with van der Waals surface area (Å²) in [5, 5.41) is 2.85. The first-order valence-corrected chi connectivity index (χ1v) is 7.66. The van der Waals surface area contributed by atoms with E-state index in [1.54, 1.807) is 9.80 Å². The van der Waals surface area contributed by atoms with Gasteiger partial charge in [-0.3, -0.25) is 9.69 Å². The number of carbonyl (C=O) groups excluding carboxylic acids is 2. The molecule has 1 fully saturated rings. The normalized spacial score (nSPS) is 14.2. The summed E-state index contributed by atoms with van der Waals surface area (Å²) in [6.07, 6.45) is 0. The smallest absolute Gasteiger partial charge is 0.325 e. The molecule has 5 nitrogen and oxygen atoms in total. The molecule has 118 valence electrons. The zero-order valence-electron chi connectivity index (χ0n) is 12.8. The second-order valence-corrected chi connectivity index (χ2v) is 5.45. The molecule has 1 aliphatic rings. The molecule has 23 heavy (non-hydrogen) atoms. The lowest BCUT2D eigenvalue weighted by Crippen LogP contribution is -2.39. The topological polar surface area (TPSA) is 52.7 Å². The van der Waals surface area contributed by atoms with E-state index in [2.05, 4.69) is 5.32 Å². The van der Waals surface area contributed by atoms with Crippen LogP contribution in [0.15, 0.2) is 60.7 Å². The third kappa shape index (κ3) is 3.69. The average Bonchev–Trinajstić information content (AvgIpc) is 2.95. The van der Waals surface area contributed by atoms with E-state index < -0.39 is 0 Å². The molecule has 0 bridgehead atoms. The fourth-order valence-corrected chi connectivity index (χ4v) is 2.60. The van der Waals surface area contributed by atoms with Crippen molar-refractivity contribution in [3.05, 3.63) is 66.2 Å². The summed E-state index contributed by atoms with van der Waals surface area (Å²) in [5.74, 6) is -0.142. The van der Waals surface area contributed by atoms with Gasteiger partial charge in [0.2, 0.25) is 5.91 Å². The quantitative estimate of drug-likeness (QED) is 0.921. The zero-order valence-corrected chi connectivity index (χ0v) is 12.8. The van der Waals surface area contributed by atoms with Crippen LogP contribution in [0.2, 0.25) is 0 Å². The van der Waals surface area contributed by atoms with E-state index in [1.165, 1.54) is 0 Å². The lowest BCUT2D eigenvalue weighted by Gasteiger charge is -2.18. The van der Waals surface area contributed by atoms with E-state index in [9.17, 15) is 9.59 Å². The Morgan fingerprint density at radius 2 is 1.61 bits per heavy atom. The maximum Gasteiger partial charge on any atom is 0.325 e. The van der Waals surface area contributed by atoms with E-state index in [1.807, 2.05) is 60.7 Å². The van der Waals surface area contributed by atoms with E-state index in [0.29, 0.717) is 19.6 Å². The van der Waals surface area contributed by atoms with Crippen molar-refractivity contribution in [2.24, 2.45) is 0 Å². The number of urea groups is 1. The number of nitrogens with zero attached hydrogens (tertiary/aromatic N) is 2. The van der Waals surface area contributed by atoms with Gasteiger partial charge in [-0.2, -0.15) is 0 Å². The molecule has 1 aliphatic heterocycles. The highest BCUT2D eigenvalue weighted by Crippen LogP contribution is 2.19. The maximum atomic E-state index is 12.4. The minimum atomic E-state index is -0.142. The van der Waals surface area contributed by atoms with Crippen molar-refractivity contribution >= 4 is 17.6 Å². The molecule has 0 aromatic heterocycles. The number of hydrogen-bond acceptors (Lipinski definition) is 2. The van der Waals surface area contributed by atoms with Gasteiger partial charge in [0.25, 0.3) is 0 Å².